The van der Waals surface area contributed by atoms with Crippen molar-refractivity contribution in [1.29, 1.82) is 0 Å². The van der Waals surface area contributed by atoms with Crippen LogP contribution in [0.3, 0.4) is 0 Å². The summed E-state index contributed by atoms with van der Waals surface area (Å²) in [6.07, 6.45) is 2.22. The number of carbonyl (C=O) groups excluding carboxylic acids is 2. The summed E-state index contributed by atoms with van der Waals surface area (Å²) < 4.78 is 0. The predicted molar refractivity (Wildman–Crippen MR) is 91.2 cm³/mol. The summed E-state index contributed by atoms with van der Waals surface area (Å²) in [5.41, 5.74) is 6.87. The largest absolute Gasteiger partial charge is 0.356 e. The predicted octanol–water partition coefficient (Wildman–Crippen LogP) is 1.69. The van der Waals surface area contributed by atoms with Gasteiger partial charge in [0.1, 0.15) is 0 Å². The third-order valence-electron chi connectivity index (χ3n) is 3.65. The first kappa shape index (κ1) is 18.9. The fraction of sp³-hybridized carbons (Fsp3) is 0.600. The Bertz CT molecular complexity index is 505. The number of halogens is 1. The monoisotopic (exact) mass is 345 g/mol. The van der Waals surface area contributed by atoms with E-state index in [0.717, 1.165) is 19.4 Å². The molecule has 1 atom stereocenters. The zero-order valence-corrected chi connectivity index (χ0v) is 14.5. The second-order valence-electron chi connectivity index (χ2n) is 5.55. The van der Waals surface area contributed by atoms with E-state index in [2.05, 4.69) is 16.8 Å². The van der Waals surface area contributed by atoms with Gasteiger partial charge in [-0.3, -0.25) is 9.59 Å². The summed E-state index contributed by atoms with van der Waals surface area (Å²) in [5.74, 6) is -0.00794. The highest BCUT2D eigenvalue weighted by atomic mass is 35.5. The van der Waals surface area contributed by atoms with Crippen molar-refractivity contribution in [2.45, 2.75) is 45.2 Å². The summed E-state index contributed by atoms with van der Waals surface area (Å²) in [6.45, 7) is 3.93. The quantitative estimate of drug-likeness (QED) is 0.823. The van der Waals surface area contributed by atoms with Gasteiger partial charge in [0.05, 0.1) is 0 Å². The Kier molecular flexibility index (Phi) is 7.85. The molecule has 2 amide bonds. The van der Waals surface area contributed by atoms with E-state index in [4.69, 9.17) is 5.73 Å². The summed E-state index contributed by atoms with van der Waals surface area (Å²) in [4.78, 5) is 27.0. The molecule has 5 nitrogen and oxygen atoms in total. The highest BCUT2D eigenvalue weighted by Gasteiger charge is 2.21. The maximum Gasteiger partial charge on any atom is 0.223 e. The molecule has 1 unspecified atom stereocenters. The van der Waals surface area contributed by atoms with Crippen LogP contribution in [0, 0.1) is 0 Å². The van der Waals surface area contributed by atoms with Gasteiger partial charge in [-0.25, -0.2) is 0 Å². The van der Waals surface area contributed by atoms with Gasteiger partial charge in [0.2, 0.25) is 11.8 Å². The Morgan fingerprint density at radius 3 is 2.95 bits per heavy atom. The minimum absolute atomic E-state index is 0. The number of thiophene rings is 1. The number of fused-ring (bicyclic) bond motifs is 1. The third-order valence-corrected chi connectivity index (χ3v) is 4.67. The van der Waals surface area contributed by atoms with E-state index in [1.807, 2.05) is 11.8 Å². The average Bonchev–Trinajstić information content (AvgIpc) is 2.91. The third kappa shape index (κ3) is 5.59. The number of carbonyl (C=O) groups is 2. The van der Waals surface area contributed by atoms with E-state index < -0.39 is 0 Å². The second-order valence-corrected chi connectivity index (χ2v) is 6.55. The molecule has 124 valence electrons. The first-order valence-electron chi connectivity index (χ1n) is 7.41. The summed E-state index contributed by atoms with van der Waals surface area (Å²) in [7, 11) is 0. The van der Waals surface area contributed by atoms with Crippen LogP contribution < -0.4 is 11.1 Å². The maximum atomic E-state index is 12.1. The molecule has 0 aliphatic carbocycles. The normalized spacial score (nSPS) is 14.7. The van der Waals surface area contributed by atoms with Gasteiger partial charge >= 0.3 is 0 Å². The van der Waals surface area contributed by atoms with E-state index in [-0.39, 0.29) is 43.1 Å². The molecule has 2 rings (SSSR count). The molecule has 1 aliphatic heterocycles. The SMILES string of the molecule is CC(N)CCNC(=O)CCC(=O)N1CCc2sccc2C1.Cl. The molecular formula is C15H24ClN3O2S. The van der Waals surface area contributed by atoms with Gasteiger partial charge in [-0.05, 0) is 36.8 Å². The minimum Gasteiger partial charge on any atom is -0.356 e. The minimum atomic E-state index is -0.0720. The molecule has 0 radical (unpaired) electrons. The number of nitrogens with zero attached hydrogens (tertiary/aromatic N) is 1. The first-order chi connectivity index (χ1) is 10.1. The van der Waals surface area contributed by atoms with Gasteiger partial charge in [-0.15, -0.1) is 23.7 Å². The lowest BCUT2D eigenvalue weighted by Crippen LogP contribution is -2.36. The molecule has 0 spiro atoms. The lowest BCUT2D eigenvalue weighted by molar-refractivity contribution is -0.134. The van der Waals surface area contributed by atoms with Gasteiger partial charge in [-0.2, -0.15) is 0 Å². The van der Waals surface area contributed by atoms with E-state index in [1.54, 1.807) is 11.3 Å². The molecule has 0 aromatic carbocycles. The van der Waals surface area contributed by atoms with Gasteiger partial charge in [0.25, 0.3) is 0 Å². The maximum absolute atomic E-state index is 12.1. The van der Waals surface area contributed by atoms with Crippen molar-refractivity contribution in [3.05, 3.63) is 21.9 Å². The van der Waals surface area contributed by atoms with Crippen LogP contribution in [0.2, 0.25) is 0 Å². The Morgan fingerprint density at radius 1 is 1.45 bits per heavy atom. The molecule has 1 aromatic heterocycles. The molecule has 1 aromatic rings. The summed E-state index contributed by atoms with van der Waals surface area (Å²) in [6, 6.07) is 2.17. The molecule has 22 heavy (non-hydrogen) atoms. The van der Waals surface area contributed by atoms with E-state index >= 15 is 0 Å². The van der Waals surface area contributed by atoms with Crippen LogP contribution in [0.15, 0.2) is 11.4 Å². The van der Waals surface area contributed by atoms with Crippen molar-refractivity contribution in [1.82, 2.24) is 10.2 Å². The topological polar surface area (TPSA) is 75.4 Å². The summed E-state index contributed by atoms with van der Waals surface area (Å²) >= 11 is 1.76. The standard InChI is InChI=1S/C15H23N3O2S.ClH/c1-11(16)4-7-17-14(19)2-3-15(20)18-8-5-13-12(10-18)6-9-21-13;/h6,9,11H,2-5,7-8,10,16H2,1H3,(H,17,19);1H. The molecule has 7 heteroatoms. The van der Waals surface area contributed by atoms with E-state index in [1.165, 1.54) is 10.4 Å². The van der Waals surface area contributed by atoms with Crippen molar-refractivity contribution in [2.75, 3.05) is 13.1 Å². The van der Waals surface area contributed by atoms with Gasteiger partial charge in [0.15, 0.2) is 0 Å². The van der Waals surface area contributed by atoms with Crippen LogP contribution in [0.4, 0.5) is 0 Å². The van der Waals surface area contributed by atoms with Gasteiger partial charge in [-0.1, -0.05) is 0 Å². The number of nitrogens with two attached hydrogens (primary N) is 1. The van der Waals surface area contributed by atoms with E-state index in [9.17, 15) is 9.59 Å². The van der Waals surface area contributed by atoms with Crippen molar-refractivity contribution >= 4 is 35.6 Å². The fourth-order valence-corrected chi connectivity index (χ4v) is 3.26. The number of hydrogen-bond acceptors (Lipinski definition) is 4. The Hall–Kier alpha value is -1.11. The number of nitrogens with one attached hydrogen (secondary N) is 1. The molecule has 3 N–H and O–H groups in total. The zero-order valence-electron chi connectivity index (χ0n) is 12.8. The second kappa shape index (κ2) is 9.12. The fourth-order valence-electron chi connectivity index (χ4n) is 2.37. The Labute approximate surface area is 141 Å². The molecule has 0 saturated heterocycles. The molecule has 1 aliphatic rings. The highest BCUT2D eigenvalue weighted by molar-refractivity contribution is 7.10. The highest BCUT2D eigenvalue weighted by Crippen LogP contribution is 2.24. The molecule has 2 heterocycles. The Balaban J connectivity index is 0.00000242. The van der Waals surface area contributed by atoms with Crippen molar-refractivity contribution < 1.29 is 9.59 Å². The number of rotatable bonds is 6. The van der Waals surface area contributed by atoms with Crippen LogP contribution in [-0.4, -0.2) is 35.8 Å². The smallest absolute Gasteiger partial charge is 0.223 e. The van der Waals surface area contributed by atoms with Crippen LogP contribution in [0.25, 0.3) is 0 Å². The first-order valence-corrected chi connectivity index (χ1v) is 8.29. The summed E-state index contributed by atoms with van der Waals surface area (Å²) in [5, 5.41) is 4.87. The number of hydrogen-bond donors (Lipinski definition) is 2. The van der Waals surface area contributed by atoms with Crippen LogP contribution in [0.5, 0.6) is 0 Å². The van der Waals surface area contributed by atoms with Crippen molar-refractivity contribution in [3.8, 4) is 0 Å². The molecule has 0 saturated carbocycles. The van der Waals surface area contributed by atoms with Crippen LogP contribution >= 0.6 is 23.7 Å². The van der Waals surface area contributed by atoms with Gasteiger partial charge < -0.3 is 16.0 Å². The lowest BCUT2D eigenvalue weighted by Gasteiger charge is -2.27. The van der Waals surface area contributed by atoms with Crippen molar-refractivity contribution in [3.63, 3.8) is 0 Å². The number of amides is 2. The zero-order chi connectivity index (χ0) is 15.2. The van der Waals surface area contributed by atoms with Crippen molar-refractivity contribution in [2.24, 2.45) is 5.73 Å². The Morgan fingerprint density at radius 2 is 2.23 bits per heavy atom. The van der Waals surface area contributed by atoms with Gasteiger partial charge in [0, 0.05) is 43.4 Å². The average molecular weight is 346 g/mol. The molecule has 0 fully saturated rings. The van der Waals surface area contributed by atoms with Crippen LogP contribution in [0.1, 0.15) is 36.6 Å². The van der Waals surface area contributed by atoms with E-state index in [0.29, 0.717) is 13.1 Å². The van der Waals surface area contributed by atoms with Crippen LogP contribution in [-0.2, 0) is 22.6 Å². The molecular weight excluding hydrogens is 322 g/mol. The lowest BCUT2D eigenvalue weighted by atomic mass is 10.1. The molecule has 0 bridgehead atoms.